The number of benzene rings is 2. The van der Waals surface area contributed by atoms with E-state index in [1.165, 1.54) is 5.56 Å². The number of sulfonamides is 1. The Morgan fingerprint density at radius 1 is 1.19 bits per heavy atom. The molecule has 1 heterocycles. The van der Waals surface area contributed by atoms with Crippen molar-refractivity contribution in [1.82, 2.24) is 0 Å². The molecule has 0 spiro atoms. The fourth-order valence-corrected chi connectivity index (χ4v) is 3.60. The summed E-state index contributed by atoms with van der Waals surface area (Å²) in [5.74, 6) is 0. The Morgan fingerprint density at radius 2 is 2.00 bits per heavy atom. The van der Waals surface area contributed by atoms with E-state index in [9.17, 15) is 8.42 Å². The van der Waals surface area contributed by atoms with Crippen LogP contribution in [0, 0.1) is 0 Å². The number of nitrogens with zero attached hydrogens (tertiary/aromatic N) is 1. The van der Waals surface area contributed by atoms with E-state index in [0.29, 0.717) is 0 Å². The van der Waals surface area contributed by atoms with Crippen LogP contribution in [0.15, 0.2) is 51.8 Å². The number of halogens is 1. The van der Waals surface area contributed by atoms with Gasteiger partial charge in [-0.25, -0.2) is 13.6 Å². The second kappa shape index (κ2) is 5.44. The first-order valence-corrected chi connectivity index (χ1v) is 8.92. The molecule has 1 aliphatic rings. The van der Waals surface area contributed by atoms with Crippen LogP contribution >= 0.6 is 15.9 Å². The molecule has 0 saturated heterocycles. The van der Waals surface area contributed by atoms with Gasteiger partial charge in [-0.1, -0.05) is 34.1 Å². The quantitative estimate of drug-likeness (QED) is 0.907. The number of fused-ring (bicyclic) bond motifs is 1. The Hall–Kier alpha value is -1.37. The minimum Gasteiger partial charge on any atom is -0.367 e. The molecule has 0 unspecified atom stereocenters. The molecule has 2 aromatic carbocycles. The molecule has 4 nitrogen and oxygen atoms in total. The van der Waals surface area contributed by atoms with Gasteiger partial charge in [0, 0.05) is 23.2 Å². The molecule has 0 atom stereocenters. The minimum absolute atomic E-state index is 0.169. The van der Waals surface area contributed by atoms with E-state index in [4.69, 9.17) is 5.14 Å². The zero-order valence-electron chi connectivity index (χ0n) is 11.3. The maximum absolute atomic E-state index is 11.5. The molecular formula is C15H15BrN2O2S. The third-order valence-corrected chi connectivity index (χ3v) is 5.04. The number of hydrogen-bond donors (Lipinski definition) is 1. The average Bonchev–Trinajstić information content (AvgIpc) is 2.80. The lowest BCUT2D eigenvalue weighted by molar-refractivity contribution is 0.598. The van der Waals surface area contributed by atoms with Crippen LogP contribution in [0.25, 0.3) is 0 Å². The molecule has 1 aliphatic heterocycles. The van der Waals surface area contributed by atoms with E-state index in [-0.39, 0.29) is 4.90 Å². The summed E-state index contributed by atoms with van der Waals surface area (Å²) in [7, 11) is -3.66. The van der Waals surface area contributed by atoms with Crippen LogP contribution in [0.5, 0.6) is 0 Å². The van der Waals surface area contributed by atoms with Crippen LogP contribution in [0.2, 0.25) is 0 Å². The number of primary sulfonamides is 1. The molecule has 0 aromatic heterocycles. The summed E-state index contributed by atoms with van der Waals surface area (Å²) in [4.78, 5) is 2.36. The van der Waals surface area contributed by atoms with Gasteiger partial charge in [0.1, 0.15) is 0 Å². The van der Waals surface area contributed by atoms with E-state index < -0.39 is 10.0 Å². The maximum atomic E-state index is 11.5. The van der Waals surface area contributed by atoms with Crippen LogP contribution in [-0.4, -0.2) is 15.0 Å². The summed E-state index contributed by atoms with van der Waals surface area (Å²) in [6.07, 6.45) is 0.925. The largest absolute Gasteiger partial charge is 0.367 e. The van der Waals surface area contributed by atoms with Gasteiger partial charge in [-0.3, -0.25) is 0 Å². The van der Waals surface area contributed by atoms with Crippen molar-refractivity contribution >= 4 is 31.6 Å². The molecule has 0 amide bonds. The molecule has 3 rings (SSSR count). The zero-order chi connectivity index (χ0) is 15.0. The first-order valence-electron chi connectivity index (χ1n) is 6.58. The first kappa shape index (κ1) is 14.6. The maximum Gasteiger partial charge on any atom is 0.238 e. The minimum atomic E-state index is -3.66. The topological polar surface area (TPSA) is 63.4 Å². The second-order valence-corrected chi connectivity index (χ2v) is 7.61. The lowest BCUT2D eigenvalue weighted by atomic mass is 10.1. The summed E-state index contributed by atoms with van der Waals surface area (Å²) in [5, 5.41) is 5.22. The second-order valence-electron chi connectivity index (χ2n) is 5.14. The molecule has 0 fully saturated rings. The Kier molecular flexibility index (Phi) is 3.77. The molecule has 0 radical (unpaired) electrons. The van der Waals surface area contributed by atoms with Crippen molar-refractivity contribution in [2.24, 2.45) is 5.14 Å². The summed E-state index contributed by atoms with van der Waals surface area (Å²) in [6, 6.07) is 13.2. The van der Waals surface area contributed by atoms with Gasteiger partial charge in [-0.2, -0.15) is 0 Å². The number of rotatable bonds is 3. The van der Waals surface area contributed by atoms with Gasteiger partial charge in [0.05, 0.1) is 4.90 Å². The highest BCUT2D eigenvalue weighted by Gasteiger charge is 2.21. The van der Waals surface area contributed by atoms with Crippen molar-refractivity contribution in [1.29, 1.82) is 0 Å². The van der Waals surface area contributed by atoms with Gasteiger partial charge in [-0.05, 0) is 41.8 Å². The highest BCUT2D eigenvalue weighted by molar-refractivity contribution is 9.10. The van der Waals surface area contributed by atoms with Gasteiger partial charge in [0.25, 0.3) is 0 Å². The third-order valence-electron chi connectivity index (χ3n) is 3.64. The van der Waals surface area contributed by atoms with E-state index >= 15 is 0 Å². The van der Waals surface area contributed by atoms with Gasteiger partial charge in [0.2, 0.25) is 10.0 Å². The number of hydrogen-bond acceptors (Lipinski definition) is 3. The van der Waals surface area contributed by atoms with Crippen LogP contribution in [0.1, 0.15) is 11.1 Å². The van der Waals surface area contributed by atoms with E-state index in [1.54, 1.807) is 12.1 Å². The van der Waals surface area contributed by atoms with Crippen molar-refractivity contribution in [2.75, 3.05) is 11.4 Å². The van der Waals surface area contributed by atoms with Gasteiger partial charge in [-0.15, -0.1) is 0 Å². The lowest BCUT2D eigenvalue weighted by Gasteiger charge is -2.20. The molecule has 6 heteroatoms. The zero-order valence-corrected chi connectivity index (χ0v) is 13.7. The Balaban J connectivity index is 1.92. The molecule has 0 saturated carbocycles. The summed E-state index contributed by atoms with van der Waals surface area (Å²) >= 11 is 3.47. The fourth-order valence-electron chi connectivity index (χ4n) is 2.62. The third kappa shape index (κ3) is 3.12. The van der Waals surface area contributed by atoms with Crippen LogP contribution in [-0.2, 0) is 23.0 Å². The highest BCUT2D eigenvalue weighted by Crippen LogP contribution is 2.31. The van der Waals surface area contributed by atoms with E-state index in [1.807, 2.05) is 18.2 Å². The van der Waals surface area contributed by atoms with Gasteiger partial charge >= 0.3 is 0 Å². The average molecular weight is 367 g/mol. The standard InChI is InChI=1S/C15H15BrN2O2S/c16-13-3-1-2-11(8-13)10-18-7-6-12-4-5-14(9-15(12)18)21(17,19)20/h1-5,8-9H,6-7,10H2,(H2,17,19,20). The van der Waals surface area contributed by atoms with Crippen LogP contribution < -0.4 is 10.0 Å². The Bertz CT molecular complexity index is 790. The molecule has 2 N–H and O–H groups in total. The first-order chi connectivity index (χ1) is 9.93. The Labute approximate surface area is 132 Å². The van der Waals surface area contributed by atoms with Crippen molar-refractivity contribution < 1.29 is 8.42 Å². The monoisotopic (exact) mass is 366 g/mol. The normalized spacial score (nSPS) is 14.3. The highest BCUT2D eigenvalue weighted by atomic mass is 79.9. The Morgan fingerprint density at radius 3 is 2.71 bits per heavy atom. The van der Waals surface area contributed by atoms with Crippen molar-refractivity contribution in [3.8, 4) is 0 Å². The van der Waals surface area contributed by atoms with Crippen molar-refractivity contribution in [3.05, 3.63) is 58.1 Å². The van der Waals surface area contributed by atoms with Crippen LogP contribution in [0.3, 0.4) is 0 Å². The van der Waals surface area contributed by atoms with Crippen molar-refractivity contribution in [2.45, 2.75) is 17.9 Å². The lowest BCUT2D eigenvalue weighted by Crippen LogP contribution is -2.20. The molecule has 0 aliphatic carbocycles. The fraction of sp³-hybridized carbons (Fsp3) is 0.200. The molecule has 2 aromatic rings. The smallest absolute Gasteiger partial charge is 0.238 e. The molecule has 0 bridgehead atoms. The predicted molar refractivity (Wildman–Crippen MR) is 86.7 cm³/mol. The van der Waals surface area contributed by atoms with E-state index in [0.717, 1.165) is 35.2 Å². The summed E-state index contributed by atoms with van der Waals surface area (Å²) in [6.45, 7) is 1.64. The van der Waals surface area contributed by atoms with Crippen LogP contribution in [0.4, 0.5) is 5.69 Å². The SMILES string of the molecule is NS(=O)(=O)c1ccc2c(c1)N(Cc1cccc(Br)c1)CC2. The van der Waals surface area contributed by atoms with Crippen molar-refractivity contribution in [3.63, 3.8) is 0 Å². The number of nitrogens with two attached hydrogens (primary N) is 1. The molecule has 110 valence electrons. The van der Waals surface area contributed by atoms with E-state index in [2.05, 4.69) is 33.0 Å². The predicted octanol–water partition coefficient (Wildman–Crippen LogP) is 2.66. The molecule has 21 heavy (non-hydrogen) atoms. The summed E-state index contributed by atoms with van der Waals surface area (Å²) < 4.78 is 24.0. The van der Waals surface area contributed by atoms with Gasteiger partial charge in [0.15, 0.2) is 0 Å². The summed E-state index contributed by atoms with van der Waals surface area (Å²) in [5.41, 5.74) is 3.30. The van der Waals surface area contributed by atoms with Gasteiger partial charge < -0.3 is 4.90 Å². The number of anilines is 1. The molecular weight excluding hydrogens is 352 g/mol.